The van der Waals surface area contributed by atoms with E-state index in [1.807, 2.05) is 0 Å². The summed E-state index contributed by atoms with van der Waals surface area (Å²) in [4.78, 5) is 8.54. The minimum atomic E-state index is -2.17. The van der Waals surface area contributed by atoms with E-state index in [4.69, 9.17) is 0 Å². The van der Waals surface area contributed by atoms with Gasteiger partial charge in [-0.1, -0.05) is 72.4 Å². The van der Waals surface area contributed by atoms with Crippen molar-refractivity contribution in [2.45, 2.75) is 10.0 Å². The van der Waals surface area contributed by atoms with Crippen molar-refractivity contribution in [1.82, 2.24) is 10.6 Å². The van der Waals surface area contributed by atoms with E-state index in [1.54, 1.807) is 60.7 Å². The molecule has 0 fully saturated rings. The number of nitrogens with zero attached hydrogens (tertiary/aromatic N) is 2. The Morgan fingerprint density at radius 1 is 0.714 bits per heavy atom. The van der Waals surface area contributed by atoms with Gasteiger partial charge in [-0.25, -0.2) is 8.78 Å². The average Bonchev–Trinajstić information content (AvgIpc) is 3.43. The van der Waals surface area contributed by atoms with Crippen LogP contribution in [0.2, 0.25) is 0 Å². The molecule has 28 heavy (non-hydrogen) atoms. The maximum atomic E-state index is 16.5. The van der Waals surface area contributed by atoms with Gasteiger partial charge < -0.3 is 10.6 Å². The predicted molar refractivity (Wildman–Crippen MR) is 114 cm³/mol. The van der Waals surface area contributed by atoms with Gasteiger partial charge in [0, 0.05) is 24.2 Å². The van der Waals surface area contributed by atoms with Crippen molar-refractivity contribution in [3.05, 3.63) is 71.8 Å². The second kappa shape index (κ2) is 8.49. The summed E-state index contributed by atoms with van der Waals surface area (Å²) in [7, 11) is 0. The van der Waals surface area contributed by atoms with Crippen LogP contribution < -0.4 is 10.6 Å². The summed E-state index contributed by atoms with van der Waals surface area (Å²) in [6, 6.07) is 17.2. The molecule has 0 aliphatic carbocycles. The van der Waals surface area contributed by atoms with Crippen LogP contribution >= 0.6 is 24.2 Å². The van der Waals surface area contributed by atoms with E-state index >= 15 is 8.78 Å². The van der Waals surface area contributed by atoms with Gasteiger partial charge in [-0.2, -0.15) is 0 Å². The second-order valence-corrected chi connectivity index (χ2v) is 7.67. The molecule has 2 unspecified atom stereocenters. The Morgan fingerprint density at radius 3 is 1.43 bits per heavy atom. The normalized spacial score (nSPS) is 19.9. The molecular weight excluding hydrogens is 402 g/mol. The zero-order chi connectivity index (χ0) is 18.7. The van der Waals surface area contributed by atoms with Crippen LogP contribution in [-0.4, -0.2) is 37.9 Å². The van der Waals surface area contributed by atoms with Gasteiger partial charge in [-0.15, -0.1) is 12.4 Å². The first-order chi connectivity index (χ1) is 13.1. The lowest BCUT2D eigenvalue weighted by Gasteiger charge is -2.34. The Morgan fingerprint density at radius 2 is 1.11 bits per heavy atom. The second-order valence-electron chi connectivity index (χ2n) is 6.34. The first-order valence-electron chi connectivity index (χ1n) is 8.89. The molecule has 2 aromatic rings. The third kappa shape index (κ3) is 3.73. The van der Waals surface area contributed by atoms with Gasteiger partial charge in [0.15, 0.2) is 11.7 Å². The predicted octanol–water partition coefficient (Wildman–Crippen LogP) is 3.79. The summed E-state index contributed by atoms with van der Waals surface area (Å²) < 4.78 is 33.0. The number of aliphatic imine (C=N–C) groups is 2. The Hall–Kier alpha value is -2.12. The van der Waals surface area contributed by atoms with Gasteiger partial charge in [0.2, 0.25) is 10.0 Å². The lowest BCUT2D eigenvalue weighted by molar-refractivity contribution is 0.346. The lowest BCUT2D eigenvalue weighted by atomic mass is 10.1. The van der Waals surface area contributed by atoms with Gasteiger partial charge >= 0.3 is 0 Å². The van der Waals surface area contributed by atoms with Gasteiger partial charge in [0.1, 0.15) is 0 Å². The van der Waals surface area contributed by atoms with Crippen molar-refractivity contribution in [3.8, 4) is 0 Å². The molecule has 148 valence electrons. The standard InChI is InChI=1S/C20H20F2N4S.ClH/c21-19(17-23-11-12-24-17,15-7-3-1-4-8-15)27-20(22,18-25-13-14-26-18)16-9-5-2-6-10-16;/h1-10H,11-14H2,(H,23,24)(H,25,26);1H. The van der Waals surface area contributed by atoms with Crippen LogP contribution in [0.3, 0.4) is 0 Å². The molecule has 2 N–H and O–H groups in total. The number of rotatable bonds is 6. The van der Waals surface area contributed by atoms with Crippen LogP contribution in [0.1, 0.15) is 11.1 Å². The molecule has 2 aliphatic heterocycles. The largest absolute Gasteiger partial charge is 0.368 e. The van der Waals surface area contributed by atoms with E-state index in [0.29, 0.717) is 49.1 Å². The van der Waals surface area contributed by atoms with Crippen LogP contribution in [-0.2, 0) is 10.0 Å². The fourth-order valence-corrected chi connectivity index (χ4v) is 4.58. The monoisotopic (exact) mass is 422 g/mol. The highest BCUT2D eigenvalue weighted by Gasteiger charge is 2.52. The van der Waals surface area contributed by atoms with Crippen LogP contribution in [0.25, 0.3) is 0 Å². The molecular formula is C20H21ClF2N4S. The quantitative estimate of drug-likeness (QED) is 0.744. The summed E-state index contributed by atoms with van der Waals surface area (Å²) in [6.45, 7) is 2.02. The zero-order valence-corrected chi connectivity index (χ0v) is 16.7. The van der Waals surface area contributed by atoms with E-state index in [2.05, 4.69) is 20.6 Å². The van der Waals surface area contributed by atoms with Crippen molar-refractivity contribution in [1.29, 1.82) is 0 Å². The van der Waals surface area contributed by atoms with E-state index in [1.165, 1.54) is 0 Å². The maximum Gasteiger partial charge on any atom is 0.241 e. The third-order valence-corrected chi connectivity index (χ3v) is 5.95. The number of benzene rings is 2. The van der Waals surface area contributed by atoms with Crippen LogP contribution in [0.4, 0.5) is 8.78 Å². The average molecular weight is 423 g/mol. The zero-order valence-electron chi connectivity index (χ0n) is 15.1. The van der Waals surface area contributed by atoms with Crippen LogP contribution in [0.15, 0.2) is 70.6 Å². The highest BCUT2D eigenvalue weighted by molar-refractivity contribution is 8.02. The maximum absolute atomic E-state index is 16.5. The Balaban J connectivity index is 0.00000225. The minimum absolute atomic E-state index is 0. The summed E-state index contributed by atoms with van der Waals surface area (Å²) in [5.74, 6) is 0.297. The van der Waals surface area contributed by atoms with Crippen molar-refractivity contribution < 1.29 is 8.78 Å². The Labute approximate surface area is 173 Å². The lowest BCUT2D eigenvalue weighted by Crippen LogP contribution is -2.44. The minimum Gasteiger partial charge on any atom is -0.368 e. The molecule has 2 aliphatic rings. The number of thioether (sulfide) groups is 1. The molecule has 4 nitrogen and oxygen atoms in total. The van der Waals surface area contributed by atoms with E-state index < -0.39 is 10.0 Å². The van der Waals surface area contributed by atoms with Gasteiger partial charge in [-0.3, -0.25) is 9.98 Å². The van der Waals surface area contributed by atoms with Gasteiger partial charge in [0.25, 0.3) is 0 Å². The van der Waals surface area contributed by atoms with E-state index in [0.717, 1.165) is 0 Å². The molecule has 0 spiro atoms. The Kier molecular flexibility index (Phi) is 6.25. The number of nitrogens with one attached hydrogen (secondary N) is 2. The van der Waals surface area contributed by atoms with Crippen LogP contribution in [0, 0.1) is 0 Å². The summed E-state index contributed by atoms with van der Waals surface area (Å²) >= 11 is 0.575. The van der Waals surface area contributed by atoms with Crippen LogP contribution in [0.5, 0.6) is 0 Å². The molecule has 2 atom stereocenters. The number of alkyl halides is 2. The highest BCUT2D eigenvalue weighted by Crippen LogP contribution is 2.52. The molecule has 0 aromatic heterocycles. The number of hydrogen-bond donors (Lipinski definition) is 2. The topological polar surface area (TPSA) is 48.8 Å². The van der Waals surface area contributed by atoms with E-state index in [-0.39, 0.29) is 24.1 Å². The van der Waals surface area contributed by atoms with Crippen molar-refractivity contribution in [2.24, 2.45) is 9.98 Å². The molecule has 4 rings (SSSR count). The molecule has 8 heteroatoms. The summed E-state index contributed by atoms with van der Waals surface area (Å²) in [5, 5.41) is 1.63. The molecule has 0 radical (unpaired) electrons. The highest BCUT2D eigenvalue weighted by atomic mass is 35.5. The first-order valence-corrected chi connectivity index (χ1v) is 9.71. The smallest absolute Gasteiger partial charge is 0.241 e. The molecule has 0 bridgehead atoms. The van der Waals surface area contributed by atoms with Crippen molar-refractivity contribution in [2.75, 3.05) is 26.2 Å². The third-order valence-electron chi connectivity index (χ3n) is 4.53. The number of amidine groups is 2. The molecule has 0 saturated carbocycles. The summed E-state index contributed by atoms with van der Waals surface area (Å²) in [5.41, 5.74) is 0.694. The number of hydrogen-bond acceptors (Lipinski definition) is 5. The van der Waals surface area contributed by atoms with Gasteiger partial charge in [0.05, 0.1) is 13.1 Å². The first kappa shape index (κ1) is 20.6. The summed E-state index contributed by atoms with van der Waals surface area (Å²) in [6.07, 6.45) is 0. The van der Waals surface area contributed by atoms with Crippen molar-refractivity contribution >= 4 is 35.8 Å². The Bertz CT molecular complexity index is 794. The fourth-order valence-electron chi connectivity index (χ4n) is 3.21. The molecule has 0 amide bonds. The van der Waals surface area contributed by atoms with E-state index in [9.17, 15) is 0 Å². The SMILES string of the molecule is Cl.FC(SC(F)(C1=NCCN1)c1ccccc1)(C1=NCCN1)c1ccccc1. The fraction of sp³-hybridized carbons (Fsp3) is 0.300. The van der Waals surface area contributed by atoms with Crippen molar-refractivity contribution in [3.63, 3.8) is 0 Å². The molecule has 2 aromatic carbocycles. The number of halogens is 3. The molecule has 0 saturated heterocycles. The van der Waals surface area contributed by atoms with Gasteiger partial charge in [-0.05, 0) is 0 Å². The molecule has 2 heterocycles.